The molecule has 1 rings (SSSR count). The first-order valence-corrected chi connectivity index (χ1v) is 5.56. The molecule has 0 aromatic heterocycles. The van der Waals surface area contributed by atoms with E-state index < -0.39 is 18.0 Å². The van der Waals surface area contributed by atoms with E-state index >= 15 is 0 Å². The topological polar surface area (TPSA) is 57.5 Å². The molecule has 2 N–H and O–H groups in total. The van der Waals surface area contributed by atoms with Crippen LogP contribution in [0, 0.1) is 11.8 Å². The highest BCUT2D eigenvalue weighted by molar-refractivity contribution is 5.70. The van der Waals surface area contributed by atoms with Crippen molar-refractivity contribution in [2.24, 2.45) is 11.8 Å². The number of aliphatic hydroxyl groups is 1. The summed E-state index contributed by atoms with van der Waals surface area (Å²) < 4.78 is 0. The van der Waals surface area contributed by atoms with E-state index in [9.17, 15) is 9.90 Å². The molecule has 82 valence electrons. The summed E-state index contributed by atoms with van der Waals surface area (Å²) in [7, 11) is 0. The quantitative estimate of drug-likeness (QED) is 0.661. The first kappa shape index (κ1) is 11.5. The molecule has 0 amide bonds. The molecule has 0 aromatic rings. The van der Waals surface area contributed by atoms with Crippen LogP contribution in [0.5, 0.6) is 0 Å². The summed E-state index contributed by atoms with van der Waals surface area (Å²) in [5.74, 6) is -0.804. The van der Waals surface area contributed by atoms with Gasteiger partial charge >= 0.3 is 5.97 Å². The minimum Gasteiger partial charge on any atom is -0.481 e. The number of unbranched alkanes of at least 4 members (excludes halogenated alkanes) is 1. The molecule has 2 unspecified atom stereocenters. The van der Waals surface area contributed by atoms with E-state index in [1.54, 1.807) is 0 Å². The zero-order valence-corrected chi connectivity index (χ0v) is 8.78. The summed E-state index contributed by atoms with van der Waals surface area (Å²) in [6.45, 7) is 2.05. The van der Waals surface area contributed by atoms with Crippen molar-refractivity contribution < 1.29 is 15.0 Å². The molecule has 1 fully saturated rings. The average Bonchev–Trinajstić information content (AvgIpc) is 2.93. The fourth-order valence-corrected chi connectivity index (χ4v) is 1.75. The van der Waals surface area contributed by atoms with Crippen molar-refractivity contribution in [2.75, 3.05) is 0 Å². The molecule has 1 saturated carbocycles. The van der Waals surface area contributed by atoms with E-state index in [0.29, 0.717) is 18.8 Å². The summed E-state index contributed by atoms with van der Waals surface area (Å²) in [5, 5.41) is 18.7. The predicted octanol–water partition coefficient (Wildman–Crippen LogP) is 2.04. The van der Waals surface area contributed by atoms with Gasteiger partial charge in [0.25, 0.3) is 0 Å². The summed E-state index contributed by atoms with van der Waals surface area (Å²) in [6, 6.07) is 0. The van der Waals surface area contributed by atoms with Crippen LogP contribution >= 0.6 is 0 Å². The maximum atomic E-state index is 10.9. The van der Waals surface area contributed by atoms with Crippen molar-refractivity contribution in [3.05, 3.63) is 0 Å². The van der Waals surface area contributed by atoms with Gasteiger partial charge in [-0.05, 0) is 18.8 Å². The van der Waals surface area contributed by atoms with Crippen LogP contribution in [0.25, 0.3) is 0 Å². The van der Waals surface area contributed by atoms with Crippen LogP contribution in [0.15, 0.2) is 0 Å². The van der Waals surface area contributed by atoms with E-state index in [1.807, 2.05) is 6.92 Å². The molecule has 3 nitrogen and oxygen atoms in total. The lowest BCUT2D eigenvalue weighted by Gasteiger charge is -2.18. The minimum atomic E-state index is -0.833. The molecule has 0 bridgehead atoms. The molecule has 14 heavy (non-hydrogen) atoms. The van der Waals surface area contributed by atoms with Crippen molar-refractivity contribution in [1.29, 1.82) is 0 Å². The smallest absolute Gasteiger partial charge is 0.309 e. The van der Waals surface area contributed by atoms with Crippen LogP contribution < -0.4 is 0 Å². The second-order valence-electron chi connectivity index (χ2n) is 4.33. The van der Waals surface area contributed by atoms with Gasteiger partial charge in [-0.2, -0.15) is 0 Å². The number of carbonyl (C=O) groups is 1. The third kappa shape index (κ3) is 3.66. The van der Waals surface area contributed by atoms with Crippen LogP contribution in [0.2, 0.25) is 0 Å². The van der Waals surface area contributed by atoms with Gasteiger partial charge in [0.05, 0.1) is 12.0 Å². The maximum Gasteiger partial charge on any atom is 0.309 e. The van der Waals surface area contributed by atoms with Gasteiger partial charge < -0.3 is 10.2 Å². The Morgan fingerprint density at radius 2 is 2.14 bits per heavy atom. The lowest BCUT2D eigenvalue weighted by molar-refractivity contribution is -0.146. The Bertz CT molecular complexity index is 187. The van der Waals surface area contributed by atoms with Gasteiger partial charge in [-0.15, -0.1) is 0 Å². The highest BCUT2D eigenvalue weighted by atomic mass is 16.4. The number of hydrogen-bond donors (Lipinski definition) is 2. The first-order valence-electron chi connectivity index (χ1n) is 5.56. The van der Waals surface area contributed by atoms with E-state index in [-0.39, 0.29) is 0 Å². The Morgan fingerprint density at radius 1 is 1.50 bits per heavy atom. The normalized spacial score (nSPS) is 20.4. The Labute approximate surface area is 85.1 Å². The summed E-state index contributed by atoms with van der Waals surface area (Å²) in [4.78, 5) is 10.9. The van der Waals surface area contributed by atoms with E-state index in [2.05, 4.69) is 0 Å². The van der Waals surface area contributed by atoms with Crippen LogP contribution in [0.3, 0.4) is 0 Å². The zero-order chi connectivity index (χ0) is 10.6. The minimum absolute atomic E-state index is 0.533. The fraction of sp³-hybridized carbons (Fsp3) is 0.909. The lowest BCUT2D eigenvalue weighted by atomic mass is 9.92. The highest BCUT2D eigenvalue weighted by Gasteiger charge is 2.33. The van der Waals surface area contributed by atoms with Gasteiger partial charge in [0.15, 0.2) is 0 Å². The number of carboxylic acids is 1. The van der Waals surface area contributed by atoms with Gasteiger partial charge in [-0.3, -0.25) is 4.79 Å². The van der Waals surface area contributed by atoms with Gasteiger partial charge in [0.2, 0.25) is 0 Å². The highest BCUT2D eigenvalue weighted by Crippen LogP contribution is 2.36. The molecule has 0 radical (unpaired) electrons. The Hall–Kier alpha value is -0.570. The summed E-state index contributed by atoms with van der Waals surface area (Å²) in [6.07, 6.45) is 4.85. The van der Waals surface area contributed by atoms with E-state index in [4.69, 9.17) is 5.11 Å². The largest absolute Gasteiger partial charge is 0.481 e. The molecule has 1 aliphatic carbocycles. The molecule has 0 spiro atoms. The van der Waals surface area contributed by atoms with E-state index in [0.717, 1.165) is 25.7 Å². The van der Waals surface area contributed by atoms with Crippen LogP contribution in [0.1, 0.15) is 45.4 Å². The van der Waals surface area contributed by atoms with Crippen molar-refractivity contribution in [3.63, 3.8) is 0 Å². The number of rotatable bonds is 7. The second kappa shape index (κ2) is 5.35. The first-order chi connectivity index (χ1) is 6.65. The Kier molecular flexibility index (Phi) is 4.39. The summed E-state index contributed by atoms with van der Waals surface area (Å²) in [5.41, 5.74) is 0. The molecule has 3 heteroatoms. The molecule has 0 saturated heterocycles. The molecule has 0 aromatic carbocycles. The molecule has 0 heterocycles. The molecular weight excluding hydrogens is 180 g/mol. The number of aliphatic carboxylic acids is 1. The van der Waals surface area contributed by atoms with Gasteiger partial charge in [0, 0.05) is 0 Å². The molecule has 1 aliphatic rings. The zero-order valence-electron chi connectivity index (χ0n) is 8.78. The Balaban J connectivity index is 2.34. The van der Waals surface area contributed by atoms with Crippen LogP contribution in [0.4, 0.5) is 0 Å². The van der Waals surface area contributed by atoms with E-state index in [1.165, 1.54) is 0 Å². The number of hydrogen-bond acceptors (Lipinski definition) is 2. The Morgan fingerprint density at radius 3 is 2.57 bits per heavy atom. The van der Waals surface area contributed by atoms with Crippen molar-refractivity contribution in [1.82, 2.24) is 0 Å². The third-order valence-corrected chi connectivity index (χ3v) is 2.92. The molecular formula is C11H20O3. The number of aliphatic hydroxyl groups excluding tert-OH is 1. The van der Waals surface area contributed by atoms with Crippen molar-refractivity contribution in [3.8, 4) is 0 Å². The maximum absolute atomic E-state index is 10.9. The van der Waals surface area contributed by atoms with Crippen LogP contribution in [-0.2, 0) is 4.79 Å². The van der Waals surface area contributed by atoms with Crippen LogP contribution in [-0.4, -0.2) is 22.3 Å². The van der Waals surface area contributed by atoms with Crippen molar-refractivity contribution in [2.45, 2.75) is 51.6 Å². The average molecular weight is 200 g/mol. The van der Waals surface area contributed by atoms with Gasteiger partial charge in [0.1, 0.15) is 0 Å². The molecule has 0 aliphatic heterocycles. The van der Waals surface area contributed by atoms with Crippen molar-refractivity contribution >= 4 is 5.97 Å². The van der Waals surface area contributed by atoms with Gasteiger partial charge in [-0.25, -0.2) is 0 Å². The SMILES string of the molecule is CCCCC(O)C(CC1CC1)C(=O)O. The monoisotopic (exact) mass is 200 g/mol. The number of carboxylic acid groups (broad SMARTS) is 1. The van der Waals surface area contributed by atoms with Gasteiger partial charge in [-0.1, -0.05) is 32.6 Å². The lowest BCUT2D eigenvalue weighted by Crippen LogP contribution is -2.28. The third-order valence-electron chi connectivity index (χ3n) is 2.92. The molecule has 2 atom stereocenters. The predicted molar refractivity (Wildman–Crippen MR) is 54.0 cm³/mol. The standard InChI is InChI=1S/C11H20O3/c1-2-3-4-10(12)9(11(13)14)7-8-5-6-8/h8-10,12H,2-7H2,1H3,(H,13,14). The summed E-state index contributed by atoms with van der Waals surface area (Å²) >= 11 is 0. The fourth-order valence-electron chi connectivity index (χ4n) is 1.75. The second-order valence-corrected chi connectivity index (χ2v) is 4.33.